The Kier molecular flexibility index (Phi) is 3.62. The molecule has 16 heavy (non-hydrogen) atoms. The molecular weight excluding hydrogens is 196 g/mol. The Hall–Kier alpha value is -1.28. The van der Waals surface area contributed by atoms with E-state index in [0.717, 1.165) is 19.6 Å². The van der Waals surface area contributed by atoms with Crippen LogP contribution in [-0.2, 0) is 13.1 Å². The van der Waals surface area contributed by atoms with Gasteiger partial charge in [-0.3, -0.25) is 0 Å². The third-order valence-corrected chi connectivity index (χ3v) is 2.88. The predicted molar refractivity (Wildman–Crippen MR) is 69.6 cm³/mol. The van der Waals surface area contributed by atoms with Crippen molar-refractivity contribution in [2.45, 2.75) is 33.4 Å². The normalized spacial score (nSPS) is 11.1. The molecule has 2 heteroatoms. The van der Waals surface area contributed by atoms with E-state index in [9.17, 15) is 0 Å². The molecule has 2 rings (SSSR count). The highest BCUT2D eigenvalue weighted by atomic mass is 14.9. The molecule has 0 unspecified atom stereocenters. The smallest absolute Gasteiger partial charge is 0.0483 e. The average Bonchev–Trinajstić information content (AvgIpc) is 2.70. The molecule has 0 aliphatic rings. The Morgan fingerprint density at radius 2 is 2.06 bits per heavy atom. The second kappa shape index (κ2) is 5.17. The minimum absolute atomic E-state index is 0.962. The van der Waals surface area contributed by atoms with Crippen molar-refractivity contribution in [3.8, 4) is 0 Å². The number of hydrogen-bond acceptors (Lipinski definition) is 1. The molecule has 1 N–H and O–H groups in total. The summed E-state index contributed by atoms with van der Waals surface area (Å²) in [5.74, 6) is 0. The van der Waals surface area contributed by atoms with Crippen molar-refractivity contribution in [2.24, 2.45) is 0 Å². The molecule has 1 aromatic carbocycles. The van der Waals surface area contributed by atoms with E-state index in [1.807, 2.05) is 0 Å². The standard InChI is InChI=1S/C14H20N2/c1-3-8-16-9-7-13-6-5-12(10-14(13)16)11-15-4-2/h5-7,9-10,15H,3-4,8,11H2,1-2H3. The van der Waals surface area contributed by atoms with Gasteiger partial charge in [0.25, 0.3) is 0 Å². The number of fused-ring (bicyclic) bond motifs is 1. The van der Waals surface area contributed by atoms with Crippen molar-refractivity contribution in [1.29, 1.82) is 0 Å². The van der Waals surface area contributed by atoms with Crippen LogP contribution in [0.3, 0.4) is 0 Å². The van der Waals surface area contributed by atoms with Crippen LogP contribution in [0, 0.1) is 0 Å². The van der Waals surface area contributed by atoms with Gasteiger partial charge in [0.1, 0.15) is 0 Å². The summed E-state index contributed by atoms with van der Waals surface area (Å²) in [5, 5.41) is 4.71. The minimum Gasteiger partial charge on any atom is -0.347 e. The summed E-state index contributed by atoms with van der Waals surface area (Å²) < 4.78 is 2.34. The molecule has 86 valence electrons. The average molecular weight is 216 g/mol. The molecule has 0 aliphatic heterocycles. The van der Waals surface area contributed by atoms with Crippen LogP contribution >= 0.6 is 0 Å². The summed E-state index contributed by atoms with van der Waals surface area (Å²) in [6, 6.07) is 8.92. The zero-order chi connectivity index (χ0) is 11.4. The SMILES string of the molecule is CCCn1ccc2ccc(CNCC)cc21. The first-order chi connectivity index (χ1) is 7.85. The molecule has 0 aliphatic carbocycles. The molecule has 0 spiro atoms. The maximum atomic E-state index is 3.36. The second-order valence-electron chi connectivity index (χ2n) is 4.18. The van der Waals surface area contributed by atoms with E-state index in [0.29, 0.717) is 0 Å². The summed E-state index contributed by atoms with van der Waals surface area (Å²) in [7, 11) is 0. The summed E-state index contributed by atoms with van der Waals surface area (Å²) in [4.78, 5) is 0. The molecule has 0 radical (unpaired) electrons. The molecule has 0 saturated carbocycles. The molecule has 0 amide bonds. The van der Waals surface area contributed by atoms with Crippen LogP contribution in [-0.4, -0.2) is 11.1 Å². The summed E-state index contributed by atoms with van der Waals surface area (Å²) >= 11 is 0. The van der Waals surface area contributed by atoms with Crippen LogP contribution in [0.1, 0.15) is 25.8 Å². The Morgan fingerprint density at radius 3 is 2.81 bits per heavy atom. The van der Waals surface area contributed by atoms with Gasteiger partial charge in [-0.05, 0) is 36.0 Å². The van der Waals surface area contributed by atoms with Crippen molar-refractivity contribution >= 4 is 10.9 Å². The highest BCUT2D eigenvalue weighted by Crippen LogP contribution is 2.18. The number of nitrogens with one attached hydrogen (secondary N) is 1. The summed E-state index contributed by atoms with van der Waals surface area (Å²) in [5.41, 5.74) is 2.72. The Labute approximate surface area is 97.3 Å². The number of nitrogens with zero attached hydrogens (tertiary/aromatic N) is 1. The fraction of sp³-hybridized carbons (Fsp3) is 0.429. The number of aryl methyl sites for hydroxylation is 1. The molecule has 0 saturated heterocycles. The van der Waals surface area contributed by atoms with Crippen LogP contribution in [0.2, 0.25) is 0 Å². The fourth-order valence-electron chi connectivity index (χ4n) is 2.04. The molecule has 0 bridgehead atoms. The third kappa shape index (κ3) is 2.27. The topological polar surface area (TPSA) is 17.0 Å². The molecule has 1 heterocycles. The highest BCUT2D eigenvalue weighted by Gasteiger charge is 2.01. The van der Waals surface area contributed by atoms with E-state index < -0.39 is 0 Å². The van der Waals surface area contributed by atoms with Crippen LogP contribution in [0.4, 0.5) is 0 Å². The first-order valence-electron chi connectivity index (χ1n) is 6.13. The van der Waals surface area contributed by atoms with E-state index in [1.165, 1.54) is 22.9 Å². The van der Waals surface area contributed by atoms with E-state index >= 15 is 0 Å². The van der Waals surface area contributed by atoms with Crippen LogP contribution in [0.15, 0.2) is 30.5 Å². The molecule has 2 nitrogen and oxygen atoms in total. The summed E-state index contributed by atoms with van der Waals surface area (Å²) in [6.07, 6.45) is 3.37. The summed E-state index contributed by atoms with van der Waals surface area (Å²) in [6.45, 7) is 7.44. The lowest BCUT2D eigenvalue weighted by Gasteiger charge is -2.06. The van der Waals surface area contributed by atoms with E-state index in [-0.39, 0.29) is 0 Å². The first-order valence-corrected chi connectivity index (χ1v) is 6.13. The zero-order valence-corrected chi connectivity index (χ0v) is 10.2. The number of benzene rings is 1. The van der Waals surface area contributed by atoms with Gasteiger partial charge in [0.2, 0.25) is 0 Å². The minimum atomic E-state index is 0.962. The van der Waals surface area contributed by atoms with Gasteiger partial charge in [0.05, 0.1) is 0 Å². The van der Waals surface area contributed by atoms with Crippen LogP contribution in [0.5, 0.6) is 0 Å². The van der Waals surface area contributed by atoms with Gasteiger partial charge in [-0.2, -0.15) is 0 Å². The maximum Gasteiger partial charge on any atom is 0.0483 e. The molecular formula is C14H20N2. The van der Waals surface area contributed by atoms with E-state index in [2.05, 4.69) is 54.2 Å². The lowest BCUT2D eigenvalue weighted by molar-refractivity contribution is 0.701. The van der Waals surface area contributed by atoms with Crippen molar-refractivity contribution in [2.75, 3.05) is 6.54 Å². The van der Waals surface area contributed by atoms with Gasteiger partial charge >= 0.3 is 0 Å². The van der Waals surface area contributed by atoms with E-state index in [1.54, 1.807) is 0 Å². The van der Waals surface area contributed by atoms with Gasteiger partial charge in [-0.25, -0.2) is 0 Å². The van der Waals surface area contributed by atoms with Crippen molar-refractivity contribution in [3.63, 3.8) is 0 Å². The fourth-order valence-corrected chi connectivity index (χ4v) is 2.04. The van der Waals surface area contributed by atoms with Crippen molar-refractivity contribution in [1.82, 2.24) is 9.88 Å². The van der Waals surface area contributed by atoms with Crippen molar-refractivity contribution < 1.29 is 0 Å². The Morgan fingerprint density at radius 1 is 1.19 bits per heavy atom. The van der Waals surface area contributed by atoms with Gasteiger partial charge in [0, 0.05) is 24.8 Å². The molecule has 0 fully saturated rings. The quantitative estimate of drug-likeness (QED) is 0.812. The van der Waals surface area contributed by atoms with Crippen LogP contribution < -0.4 is 5.32 Å². The number of hydrogen-bond donors (Lipinski definition) is 1. The third-order valence-electron chi connectivity index (χ3n) is 2.88. The van der Waals surface area contributed by atoms with Gasteiger partial charge in [-0.15, -0.1) is 0 Å². The second-order valence-corrected chi connectivity index (χ2v) is 4.18. The van der Waals surface area contributed by atoms with Gasteiger partial charge < -0.3 is 9.88 Å². The Bertz CT molecular complexity index is 457. The zero-order valence-electron chi connectivity index (χ0n) is 10.2. The van der Waals surface area contributed by atoms with Gasteiger partial charge in [-0.1, -0.05) is 26.0 Å². The lowest BCUT2D eigenvalue weighted by atomic mass is 10.1. The monoisotopic (exact) mass is 216 g/mol. The van der Waals surface area contributed by atoms with E-state index in [4.69, 9.17) is 0 Å². The lowest BCUT2D eigenvalue weighted by Crippen LogP contribution is -2.11. The largest absolute Gasteiger partial charge is 0.347 e. The first kappa shape index (κ1) is 11.2. The number of aromatic nitrogens is 1. The molecule has 1 aromatic heterocycles. The van der Waals surface area contributed by atoms with Gasteiger partial charge in [0.15, 0.2) is 0 Å². The number of rotatable bonds is 5. The highest BCUT2D eigenvalue weighted by molar-refractivity contribution is 5.80. The molecule has 0 atom stereocenters. The maximum absolute atomic E-state index is 3.36. The van der Waals surface area contributed by atoms with Crippen LogP contribution in [0.25, 0.3) is 10.9 Å². The molecule has 2 aromatic rings. The van der Waals surface area contributed by atoms with Crippen molar-refractivity contribution in [3.05, 3.63) is 36.0 Å². The predicted octanol–water partition coefficient (Wildman–Crippen LogP) is 3.16. The Balaban J connectivity index is 2.30.